The van der Waals surface area contributed by atoms with E-state index in [4.69, 9.17) is 21.1 Å². The van der Waals surface area contributed by atoms with Crippen molar-refractivity contribution in [1.82, 2.24) is 5.32 Å². The van der Waals surface area contributed by atoms with Crippen molar-refractivity contribution >= 4 is 11.6 Å². The molecule has 1 aromatic rings. The molecule has 4 heteroatoms. The van der Waals surface area contributed by atoms with Crippen molar-refractivity contribution in [2.24, 2.45) is 0 Å². The molecule has 0 bridgehead atoms. The molecule has 0 amide bonds. The number of benzene rings is 1. The lowest BCUT2D eigenvalue weighted by Gasteiger charge is -2.15. The van der Waals surface area contributed by atoms with E-state index in [1.54, 1.807) is 14.2 Å². The number of ether oxygens (including phenoxy) is 2. The Balaban J connectivity index is 2.81. The van der Waals surface area contributed by atoms with Crippen molar-refractivity contribution < 1.29 is 9.47 Å². The van der Waals surface area contributed by atoms with Gasteiger partial charge in [-0.25, -0.2) is 0 Å². The minimum Gasteiger partial charge on any atom is -0.493 e. The van der Waals surface area contributed by atoms with Gasteiger partial charge in [-0.2, -0.15) is 0 Å². The summed E-state index contributed by atoms with van der Waals surface area (Å²) >= 11 is 6.29. The van der Waals surface area contributed by atoms with E-state index in [0.29, 0.717) is 29.1 Å². The first kappa shape index (κ1) is 14.9. The van der Waals surface area contributed by atoms with Crippen molar-refractivity contribution in [1.29, 1.82) is 0 Å². The molecular formula is C14H20ClNO2. The molecule has 0 saturated heterocycles. The molecule has 100 valence electrons. The third-order valence-electron chi connectivity index (χ3n) is 2.73. The van der Waals surface area contributed by atoms with Gasteiger partial charge in [0, 0.05) is 12.6 Å². The van der Waals surface area contributed by atoms with Crippen LogP contribution in [0.5, 0.6) is 11.5 Å². The van der Waals surface area contributed by atoms with Gasteiger partial charge < -0.3 is 14.8 Å². The Morgan fingerprint density at radius 3 is 2.67 bits per heavy atom. The predicted molar refractivity (Wildman–Crippen MR) is 75.7 cm³/mol. The predicted octanol–water partition coefficient (Wildman–Crippen LogP) is 3.41. The summed E-state index contributed by atoms with van der Waals surface area (Å²) in [5.41, 5.74) is 0.991. The molecule has 3 nitrogen and oxygen atoms in total. The topological polar surface area (TPSA) is 30.5 Å². The largest absolute Gasteiger partial charge is 0.493 e. The van der Waals surface area contributed by atoms with Crippen LogP contribution in [0.3, 0.4) is 0 Å². The van der Waals surface area contributed by atoms with E-state index in [9.17, 15) is 0 Å². The second-order valence-corrected chi connectivity index (χ2v) is 4.46. The Bertz CT molecular complexity index is 407. The Hall–Kier alpha value is -1.19. The molecule has 0 aliphatic heterocycles. The van der Waals surface area contributed by atoms with E-state index in [0.717, 1.165) is 12.0 Å². The fourth-order valence-corrected chi connectivity index (χ4v) is 1.98. The summed E-state index contributed by atoms with van der Waals surface area (Å²) in [5, 5.41) is 3.97. The van der Waals surface area contributed by atoms with Crippen LogP contribution in [0.15, 0.2) is 24.8 Å². The Morgan fingerprint density at radius 1 is 1.39 bits per heavy atom. The third-order valence-corrected chi connectivity index (χ3v) is 3.14. The molecule has 0 saturated carbocycles. The molecule has 1 atom stereocenters. The molecule has 0 aliphatic carbocycles. The molecule has 1 rings (SSSR count). The molecule has 1 N–H and O–H groups in total. The fraction of sp³-hybridized carbons (Fsp3) is 0.429. The van der Waals surface area contributed by atoms with Gasteiger partial charge >= 0.3 is 0 Å². The zero-order valence-electron chi connectivity index (χ0n) is 11.1. The van der Waals surface area contributed by atoms with E-state index in [-0.39, 0.29) is 0 Å². The molecule has 1 aromatic carbocycles. The van der Waals surface area contributed by atoms with Gasteiger partial charge in [0.05, 0.1) is 19.2 Å². The maximum Gasteiger partial charge on any atom is 0.179 e. The van der Waals surface area contributed by atoms with Gasteiger partial charge in [-0.3, -0.25) is 0 Å². The van der Waals surface area contributed by atoms with E-state index in [1.807, 2.05) is 18.2 Å². The normalized spacial score (nSPS) is 12.0. The van der Waals surface area contributed by atoms with E-state index in [2.05, 4.69) is 18.8 Å². The van der Waals surface area contributed by atoms with Gasteiger partial charge in [0.25, 0.3) is 0 Å². The summed E-state index contributed by atoms with van der Waals surface area (Å²) in [6, 6.07) is 4.17. The Morgan fingerprint density at radius 2 is 2.11 bits per heavy atom. The lowest BCUT2D eigenvalue weighted by atomic mass is 10.1. The smallest absolute Gasteiger partial charge is 0.179 e. The maximum absolute atomic E-state index is 6.29. The summed E-state index contributed by atoms with van der Waals surface area (Å²) in [5.74, 6) is 1.22. The van der Waals surface area contributed by atoms with Crippen molar-refractivity contribution in [3.63, 3.8) is 0 Å². The highest BCUT2D eigenvalue weighted by atomic mass is 35.5. The molecule has 0 aromatic heterocycles. The third kappa shape index (κ3) is 3.65. The fourth-order valence-electron chi connectivity index (χ4n) is 1.68. The average molecular weight is 270 g/mol. The average Bonchev–Trinajstić information content (AvgIpc) is 2.37. The molecule has 0 heterocycles. The Labute approximate surface area is 114 Å². The highest BCUT2D eigenvalue weighted by Crippen LogP contribution is 2.37. The van der Waals surface area contributed by atoms with Gasteiger partial charge in [-0.05, 0) is 25.0 Å². The SMILES string of the molecule is C=CCC(C)NCc1ccc(OC)c(OC)c1Cl. The molecule has 0 spiro atoms. The number of methoxy groups -OCH3 is 2. The minimum absolute atomic E-state index is 0.367. The van der Waals surface area contributed by atoms with Crippen LogP contribution in [0.2, 0.25) is 5.02 Å². The minimum atomic E-state index is 0.367. The van der Waals surface area contributed by atoms with Crippen molar-refractivity contribution in [2.75, 3.05) is 14.2 Å². The first-order valence-electron chi connectivity index (χ1n) is 5.87. The van der Waals surface area contributed by atoms with Crippen LogP contribution in [0.25, 0.3) is 0 Å². The van der Waals surface area contributed by atoms with Crippen molar-refractivity contribution in [3.05, 3.63) is 35.4 Å². The number of hydrogen-bond acceptors (Lipinski definition) is 3. The summed E-state index contributed by atoms with van der Waals surface area (Å²) < 4.78 is 10.5. The summed E-state index contributed by atoms with van der Waals surface area (Å²) in [6.45, 7) is 6.52. The molecule has 1 unspecified atom stereocenters. The zero-order valence-corrected chi connectivity index (χ0v) is 11.9. The van der Waals surface area contributed by atoms with Gasteiger partial charge in [0.1, 0.15) is 0 Å². The van der Waals surface area contributed by atoms with E-state index < -0.39 is 0 Å². The summed E-state index contributed by atoms with van der Waals surface area (Å²) in [7, 11) is 3.18. The van der Waals surface area contributed by atoms with Crippen molar-refractivity contribution in [2.45, 2.75) is 25.9 Å². The van der Waals surface area contributed by atoms with Crippen LogP contribution in [-0.2, 0) is 6.54 Å². The zero-order chi connectivity index (χ0) is 13.5. The Kier molecular flexibility index (Phi) is 6.02. The lowest BCUT2D eigenvalue weighted by molar-refractivity contribution is 0.354. The quantitative estimate of drug-likeness (QED) is 0.770. The first-order chi connectivity index (χ1) is 8.63. The summed E-state index contributed by atoms with van der Waals surface area (Å²) in [6.07, 6.45) is 2.82. The summed E-state index contributed by atoms with van der Waals surface area (Å²) in [4.78, 5) is 0. The lowest BCUT2D eigenvalue weighted by Crippen LogP contribution is -2.24. The monoisotopic (exact) mass is 269 g/mol. The van der Waals surface area contributed by atoms with Gasteiger partial charge in [0.15, 0.2) is 11.5 Å². The standard InChI is InChI=1S/C14H20ClNO2/c1-5-6-10(2)16-9-11-7-8-12(17-3)14(18-4)13(11)15/h5,7-8,10,16H,1,6,9H2,2-4H3. The van der Waals surface area contributed by atoms with Gasteiger partial charge in [-0.15, -0.1) is 6.58 Å². The van der Waals surface area contributed by atoms with E-state index in [1.165, 1.54) is 0 Å². The van der Waals surface area contributed by atoms with Crippen LogP contribution in [0.4, 0.5) is 0 Å². The van der Waals surface area contributed by atoms with Crippen LogP contribution in [-0.4, -0.2) is 20.3 Å². The number of halogens is 1. The van der Waals surface area contributed by atoms with Gasteiger partial charge in [0.2, 0.25) is 0 Å². The number of nitrogens with one attached hydrogen (secondary N) is 1. The maximum atomic E-state index is 6.29. The first-order valence-corrected chi connectivity index (χ1v) is 6.25. The molecule has 0 aliphatic rings. The number of rotatable bonds is 7. The molecule has 0 radical (unpaired) electrons. The van der Waals surface area contributed by atoms with Crippen LogP contribution in [0.1, 0.15) is 18.9 Å². The number of hydrogen-bond donors (Lipinski definition) is 1. The van der Waals surface area contributed by atoms with Crippen LogP contribution < -0.4 is 14.8 Å². The molecular weight excluding hydrogens is 250 g/mol. The second-order valence-electron chi connectivity index (χ2n) is 4.08. The highest BCUT2D eigenvalue weighted by molar-refractivity contribution is 6.33. The molecule has 18 heavy (non-hydrogen) atoms. The van der Waals surface area contributed by atoms with Crippen LogP contribution in [0, 0.1) is 0 Å². The van der Waals surface area contributed by atoms with Gasteiger partial charge in [-0.1, -0.05) is 23.7 Å². The van der Waals surface area contributed by atoms with E-state index >= 15 is 0 Å². The second kappa shape index (κ2) is 7.29. The van der Waals surface area contributed by atoms with Crippen molar-refractivity contribution in [3.8, 4) is 11.5 Å². The highest BCUT2D eigenvalue weighted by Gasteiger charge is 2.13. The molecule has 0 fully saturated rings. The van der Waals surface area contributed by atoms with Crippen LogP contribution >= 0.6 is 11.6 Å².